The summed E-state index contributed by atoms with van der Waals surface area (Å²) < 4.78 is 0. The molecule has 1 aliphatic rings. The van der Waals surface area contributed by atoms with Gasteiger partial charge in [0.25, 0.3) is 0 Å². The SMILES string of the molecule is CC(C)=CCCN(C)[C@@H]1CC=C(C)CC1. The number of hydrogen-bond acceptors (Lipinski definition) is 1. The lowest BCUT2D eigenvalue weighted by Gasteiger charge is -2.29. The third-order valence-electron chi connectivity index (χ3n) is 3.27. The first kappa shape index (κ1) is 12.5. The second-order valence-electron chi connectivity index (χ2n) is 5.03. The molecule has 1 aliphatic carbocycles. The molecule has 1 rings (SSSR count). The highest BCUT2D eigenvalue weighted by molar-refractivity contribution is 5.04. The van der Waals surface area contributed by atoms with Gasteiger partial charge < -0.3 is 4.90 Å². The summed E-state index contributed by atoms with van der Waals surface area (Å²) in [7, 11) is 2.26. The highest BCUT2D eigenvalue weighted by Crippen LogP contribution is 2.21. The standard InChI is InChI=1S/C14H25N/c1-12(2)6-5-11-15(4)14-9-7-13(3)8-10-14/h6-7,14H,5,8-11H2,1-4H3/t14-/m1/s1. The molecule has 0 N–H and O–H groups in total. The van der Waals surface area contributed by atoms with E-state index in [-0.39, 0.29) is 0 Å². The number of nitrogens with zero attached hydrogens (tertiary/aromatic N) is 1. The van der Waals surface area contributed by atoms with E-state index in [0.29, 0.717) is 0 Å². The second-order valence-corrected chi connectivity index (χ2v) is 5.03. The first-order valence-electron chi connectivity index (χ1n) is 6.09. The Morgan fingerprint density at radius 2 is 2.27 bits per heavy atom. The highest BCUT2D eigenvalue weighted by Gasteiger charge is 2.16. The Kier molecular flexibility index (Phi) is 5.10. The van der Waals surface area contributed by atoms with Crippen LogP contribution in [0.3, 0.4) is 0 Å². The van der Waals surface area contributed by atoms with Crippen molar-refractivity contribution in [3.63, 3.8) is 0 Å². The summed E-state index contributed by atoms with van der Waals surface area (Å²) in [6.45, 7) is 7.79. The van der Waals surface area contributed by atoms with Gasteiger partial charge in [0.2, 0.25) is 0 Å². The van der Waals surface area contributed by atoms with Gasteiger partial charge >= 0.3 is 0 Å². The minimum absolute atomic E-state index is 0.777. The predicted octanol–water partition coefficient (Wildman–Crippen LogP) is 3.77. The quantitative estimate of drug-likeness (QED) is 0.634. The van der Waals surface area contributed by atoms with Crippen molar-refractivity contribution in [2.45, 2.75) is 52.5 Å². The van der Waals surface area contributed by atoms with Crippen molar-refractivity contribution in [3.05, 3.63) is 23.3 Å². The fourth-order valence-electron chi connectivity index (χ4n) is 2.09. The summed E-state index contributed by atoms with van der Waals surface area (Å²) in [6, 6.07) is 0.777. The van der Waals surface area contributed by atoms with E-state index >= 15 is 0 Å². The van der Waals surface area contributed by atoms with E-state index in [9.17, 15) is 0 Å². The molecule has 0 aromatic rings. The largest absolute Gasteiger partial charge is 0.303 e. The summed E-state index contributed by atoms with van der Waals surface area (Å²) in [5.41, 5.74) is 3.01. The molecule has 0 saturated carbocycles. The molecule has 0 unspecified atom stereocenters. The van der Waals surface area contributed by atoms with Crippen LogP contribution >= 0.6 is 0 Å². The molecule has 0 saturated heterocycles. The molecule has 0 heterocycles. The van der Waals surface area contributed by atoms with E-state index in [1.165, 1.54) is 37.8 Å². The van der Waals surface area contributed by atoms with Gasteiger partial charge in [-0.2, -0.15) is 0 Å². The topological polar surface area (TPSA) is 3.24 Å². The van der Waals surface area contributed by atoms with Crippen molar-refractivity contribution in [2.24, 2.45) is 0 Å². The zero-order valence-corrected chi connectivity index (χ0v) is 10.7. The Hall–Kier alpha value is -0.560. The minimum Gasteiger partial charge on any atom is -0.303 e. The zero-order valence-electron chi connectivity index (χ0n) is 10.7. The molecule has 1 heteroatoms. The molecule has 86 valence electrons. The van der Waals surface area contributed by atoms with Crippen molar-refractivity contribution in [1.82, 2.24) is 4.90 Å². The molecule has 0 spiro atoms. The number of rotatable bonds is 4. The monoisotopic (exact) mass is 207 g/mol. The lowest BCUT2D eigenvalue weighted by molar-refractivity contribution is 0.229. The number of allylic oxidation sites excluding steroid dienone is 2. The van der Waals surface area contributed by atoms with Gasteiger partial charge in [0, 0.05) is 12.6 Å². The van der Waals surface area contributed by atoms with Crippen molar-refractivity contribution in [1.29, 1.82) is 0 Å². The van der Waals surface area contributed by atoms with E-state index in [4.69, 9.17) is 0 Å². The lowest BCUT2D eigenvalue weighted by Crippen LogP contribution is -2.33. The van der Waals surface area contributed by atoms with E-state index in [1.54, 1.807) is 5.57 Å². The van der Waals surface area contributed by atoms with Crippen molar-refractivity contribution in [3.8, 4) is 0 Å². The summed E-state index contributed by atoms with van der Waals surface area (Å²) in [5, 5.41) is 0. The van der Waals surface area contributed by atoms with Crippen LogP contribution in [-0.2, 0) is 0 Å². The summed E-state index contributed by atoms with van der Waals surface area (Å²) in [6.07, 6.45) is 9.81. The molecule has 15 heavy (non-hydrogen) atoms. The van der Waals surface area contributed by atoms with Crippen molar-refractivity contribution < 1.29 is 0 Å². The summed E-state index contributed by atoms with van der Waals surface area (Å²) >= 11 is 0. The maximum absolute atomic E-state index is 2.52. The zero-order chi connectivity index (χ0) is 11.3. The van der Waals surface area contributed by atoms with Gasteiger partial charge in [-0.15, -0.1) is 0 Å². The second kappa shape index (κ2) is 6.12. The van der Waals surface area contributed by atoms with Crippen LogP contribution in [0, 0.1) is 0 Å². The molecule has 0 bridgehead atoms. The van der Waals surface area contributed by atoms with Crippen molar-refractivity contribution in [2.75, 3.05) is 13.6 Å². The Labute approximate surface area is 94.9 Å². The third kappa shape index (κ3) is 4.65. The number of hydrogen-bond donors (Lipinski definition) is 0. The Morgan fingerprint density at radius 3 is 2.80 bits per heavy atom. The lowest BCUT2D eigenvalue weighted by atomic mass is 9.95. The smallest absolute Gasteiger partial charge is 0.0130 e. The Bertz CT molecular complexity index is 246. The summed E-state index contributed by atoms with van der Waals surface area (Å²) in [5.74, 6) is 0. The average molecular weight is 207 g/mol. The first-order chi connectivity index (χ1) is 7.09. The maximum atomic E-state index is 2.52. The molecule has 0 aromatic carbocycles. The van der Waals surface area contributed by atoms with Crippen LogP contribution in [0.5, 0.6) is 0 Å². The average Bonchev–Trinajstić information content (AvgIpc) is 2.18. The molecular formula is C14H25N. The van der Waals surface area contributed by atoms with Gasteiger partial charge in [-0.25, -0.2) is 0 Å². The molecule has 1 nitrogen and oxygen atoms in total. The van der Waals surface area contributed by atoms with Gasteiger partial charge in [0.1, 0.15) is 0 Å². The molecular weight excluding hydrogens is 182 g/mol. The fourth-order valence-corrected chi connectivity index (χ4v) is 2.09. The molecule has 1 atom stereocenters. The molecule has 0 fully saturated rings. The van der Waals surface area contributed by atoms with E-state index in [1.807, 2.05) is 0 Å². The van der Waals surface area contributed by atoms with Crippen molar-refractivity contribution >= 4 is 0 Å². The van der Waals surface area contributed by atoms with Crippen LogP contribution in [0.15, 0.2) is 23.3 Å². The van der Waals surface area contributed by atoms with Crippen LogP contribution in [0.1, 0.15) is 46.5 Å². The van der Waals surface area contributed by atoms with Crippen LogP contribution in [-0.4, -0.2) is 24.5 Å². The van der Waals surface area contributed by atoms with Gasteiger partial charge in [0.15, 0.2) is 0 Å². The molecule has 0 aromatic heterocycles. The molecule has 0 radical (unpaired) electrons. The van der Waals surface area contributed by atoms with E-state index < -0.39 is 0 Å². The normalized spacial score (nSPS) is 21.4. The summed E-state index contributed by atoms with van der Waals surface area (Å²) in [4.78, 5) is 2.52. The molecule has 0 amide bonds. The van der Waals surface area contributed by atoms with E-state index in [0.717, 1.165) is 6.04 Å². The van der Waals surface area contributed by atoms with Gasteiger partial charge in [0.05, 0.1) is 0 Å². The fraction of sp³-hybridized carbons (Fsp3) is 0.714. The predicted molar refractivity (Wildman–Crippen MR) is 68.1 cm³/mol. The van der Waals surface area contributed by atoms with Gasteiger partial charge in [-0.1, -0.05) is 23.3 Å². The van der Waals surface area contributed by atoms with Gasteiger partial charge in [-0.05, 0) is 53.5 Å². The first-order valence-corrected chi connectivity index (χ1v) is 6.09. The Morgan fingerprint density at radius 1 is 1.53 bits per heavy atom. The third-order valence-corrected chi connectivity index (χ3v) is 3.27. The van der Waals surface area contributed by atoms with Crippen LogP contribution in [0.2, 0.25) is 0 Å². The van der Waals surface area contributed by atoms with E-state index in [2.05, 4.69) is 44.9 Å². The minimum atomic E-state index is 0.777. The van der Waals surface area contributed by atoms with Crippen LogP contribution in [0.4, 0.5) is 0 Å². The van der Waals surface area contributed by atoms with Crippen LogP contribution in [0.25, 0.3) is 0 Å². The van der Waals surface area contributed by atoms with Crippen LogP contribution < -0.4 is 0 Å². The van der Waals surface area contributed by atoms with Gasteiger partial charge in [-0.3, -0.25) is 0 Å². The Balaban J connectivity index is 2.29. The maximum Gasteiger partial charge on any atom is 0.0130 e. The highest BCUT2D eigenvalue weighted by atomic mass is 15.1. The molecule has 0 aliphatic heterocycles.